The van der Waals surface area contributed by atoms with E-state index < -0.39 is 0 Å². The van der Waals surface area contributed by atoms with Gasteiger partial charge in [-0.3, -0.25) is 0 Å². The highest BCUT2D eigenvalue weighted by atomic mass is 14.9. The summed E-state index contributed by atoms with van der Waals surface area (Å²) < 4.78 is 0. The fourth-order valence-electron chi connectivity index (χ4n) is 6.12. The Hall–Kier alpha value is -1.56. The van der Waals surface area contributed by atoms with E-state index in [1.807, 2.05) is 0 Å². The maximum Gasteiger partial charge on any atom is 0.0444 e. The van der Waals surface area contributed by atoms with Crippen molar-refractivity contribution in [2.24, 2.45) is 28.7 Å². The highest BCUT2D eigenvalue weighted by molar-refractivity contribution is 5.41. The van der Waals surface area contributed by atoms with Crippen LogP contribution in [0, 0.1) is 30.1 Å². The zero-order valence-electron chi connectivity index (χ0n) is 20.6. The fourth-order valence-corrected chi connectivity index (χ4v) is 6.12. The first kappa shape index (κ1) is 25.7. The molecule has 0 radical (unpaired) electrons. The van der Waals surface area contributed by atoms with Crippen molar-refractivity contribution in [3.63, 3.8) is 0 Å². The molecule has 0 bridgehead atoms. The van der Waals surface area contributed by atoms with Crippen LogP contribution < -0.4 is 11.5 Å². The van der Waals surface area contributed by atoms with E-state index in [0.717, 1.165) is 44.9 Å². The van der Waals surface area contributed by atoms with Crippen LogP contribution in [0.25, 0.3) is 0 Å². The number of allylic oxidation sites excluding steroid dienone is 5. The summed E-state index contributed by atoms with van der Waals surface area (Å²) in [7, 11) is 0. The first-order valence-electron chi connectivity index (χ1n) is 12.3. The summed E-state index contributed by atoms with van der Waals surface area (Å²) in [6, 6.07) is 0. The molecule has 3 rings (SSSR count). The molecule has 0 aliphatic heterocycles. The van der Waals surface area contributed by atoms with Gasteiger partial charge in [-0.1, -0.05) is 58.6 Å². The number of fused-ring (bicyclic) bond motifs is 1. The van der Waals surface area contributed by atoms with Gasteiger partial charge in [-0.25, -0.2) is 0 Å². The van der Waals surface area contributed by atoms with E-state index in [2.05, 4.69) is 71.4 Å². The minimum absolute atomic E-state index is 0.0401. The Kier molecular flexibility index (Phi) is 8.60. The molecule has 4 N–H and O–H groups in total. The molecule has 0 aromatic rings. The Morgan fingerprint density at radius 3 is 2.45 bits per heavy atom. The molecule has 3 fully saturated rings. The van der Waals surface area contributed by atoms with Crippen LogP contribution in [0.15, 0.2) is 47.6 Å². The summed E-state index contributed by atoms with van der Waals surface area (Å²) >= 11 is 0. The average molecular weight is 423 g/mol. The van der Waals surface area contributed by atoms with Crippen molar-refractivity contribution in [2.75, 3.05) is 0 Å². The van der Waals surface area contributed by atoms with Crippen LogP contribution in [0.3, 0.4) is 0 Å². The Balaban J connectivity index is 0.00000166. The Bertz CT molecular complexity index is 752. The lowest BCUT2D eigenvalue weighted by atomic mass is 9.56. The van der Waals surface area contributed by atoms with E-state index in [1.54, 1.807) is 0 Å². The van der Waals surface area contributed by atoms with Gasteiger partial charge in [0.2, 0.25) is 0 Å². The molecule has 0 aromatic carbocycles. The lowest BCUT2D eigenvalue weighted by Crippen LogP contribution is -2.64. The molecule has 0 spiro atoms. The molecule has 3 saturated carbocycles. The van der Waals surface area contributed by atoms with Gasteiger partial charge in [-0.2, -0.15) is 0 Å². The standard InChI is InChI=1S/C27H44N2.C2H2/c1-20(2)10-6-7-17-26(28)18-19-27(29)24(13-9-16-25(26,27)5)15-14-23-12-8-11-21(3)22(23)4;1-2/h6-7,14-15,20-21H,4,8-13,16-19,28-29H2,1-3,5H3;1-2H/b7-6+,23-14-,24-15+;/t21?,25?,26-,27-;/m1./s1. The second kappa shape index (κ2) is 10.4. The van der Waals surface area contributed by atoms with Crippen LogP contribution in [-0.2, 0) is 0 Å². The van der Waals surface area contributed by atoms with Crippen LogP contribution in [0.2, 0.25) is 0 Å². The molecular weight excluding hydrogens is 376 g/mol. The second-order valence-corrected chi connectivity index (χ2v) is 10.8. The number of rotatable bonds is 5. The summed E-state index contributed by atoms with van der Waals surface area (Å²) in [6.45, 7) is 13.6. The van der Waals surface area contributed by atoms with Crippen LogP contribution in [0.4, 0.5) is 0 Å². The fraction of sp³-hybridized carbons (Fsp3) is 0.655. The SMILES string of the molecule is C#C.C=C1/C(=C\C=C2/CCCC3(C)[C@@](N)(C/C=C/CC(C)C)CC[C@@]23N)CCCC1C. The number of nitrogens with two attached hydrogens (primary N) is 2. The molecule has 2 unspecified atom stereocenters. The molecule has 0 aromatic heterocycles. The summed E-state index contributed by atoms with van der Waals surface area (Å²) in [5, 5.41) is 0. The zero-order valence-corrected chi connectivity index (χ0v) is 20.6. The van der Waals surface area contributed by atoms with Crippen molar-refractivity contribution in [3.05, 3.63) is 47.6 Å². The Labute approximate surface area is 192 Å². The minimum atomic E-state index is -0.273. The summed E-state index contributed by atoms with van der Waals surface area (Å²) in [4.78, 5) is 0. The molecule has 3 aliphatic rings. The first-order chi connectivity index (χ1) is 14.6. The monoisotopic (exact) mass is 422 g/mol. The predicted octanol–water partition coefficient (Wildman–Crippen LogP) is 6.84. The van der Waals surface area contributed by atoms with Crippen LogP contribution in [0.1, 0.15) is 91.9 Å². The summed E-state index contributed by atoms with van der Waals surface area (Å²) in [5.41, 5.74) is 18.0. The number of hydrogen-bond donors (Lipinski definition) is 2. The Morgan fingerprint density at radius 2 is 1.77 bits per heavy atom. The van der Waals surface area contributed by atoms with E-state index in [9.17, 15) is 0 Å². The maximum atomic E-state index is 7.22. The molecule has 3 aliphatic carbocycles. The van der Waals surface area contributed by atoms with Gasteiger partial charge in [0.25, 0.3) is 0 Å². The van der Waals surface area contributed by atoms with Crippen molar-refractivity contribution in [1.29, 1.82) is 0 Å². The van der Waals surface area contributed by atoms with Gasteiger partial charge in [-0.15, -0.1) is 12.8 Å². The first-order valence-corrected chi connectivity index (χ1v) is 12.3. The van der Waals surface area contributed by atoms with E-state index >= 15 is 0 Å². The van der Waals surface area contributed by atoms with E-state index in [-0.39, 0.29) is 16.5 Å². The van der Waals surface area contributed by atoms with Gasteiger partial charge in [0.05, 0.1) is 0 Å². The molecule has 0 heterocycles. The van der Waals surface area contributed by atoms with Crippen molar-refractivity contribution in [3.8, 4) is 12.8 Å². The maximum absolute atomic E-state index is 7.22. The Morgan fingerprint density at radius 1 is 1.06 bits per heavy atom. The third kappa shape index (κ3) is 4.94. The molecule has 2 nitrogen and oxygen atoms in total. The molecule has 172 valence electrons. The highest BCUT2D eigenvalue weighted by Gasteiger charge is 2.63. The molecular formula is C29H46N2. The number of terminal acetylenes is 1. The van der Waals surface area contributed by atoms with Crippen LogP contribution in [0.5, 0.6) is 0 Å². The lowest BCUT2D eigenvalue weighted by molar-refractivity contribution is 0.0862. The van der Waals surface area contributed by atoms with E-state index in [1.165, 1.54) is 36.0 Å². The second-order valence-electron chi connectivity index (χ2n) is 10.8. The molecule has 2 heteroatoms. The average Bonchev–Trinajstić information content (AvgIpc) is 2.95. The quantitative estimate of drug-likeness (QED) is 0.376. The van der Waals surface area contributed by atoms with E-state index in [0.29, 0.717) is 11.8 Å². The zero-order chi connectivity index (χ0) is 23.3. The van der Waals surface area contributed by atoms with Gasteiger partial charge in [0, 0.05) is 16.5 Å². The molecule has 0 saturated heterocycles. The van der Waals surface area contributed by atoms with Crippen molar-refractivity contribution in [2.45, 2.75) is 103 Å². The van der Waals surface area contributed by atoms with Gasteiger partial charge < -0.3 is 11.5 Å². The predicted molar refractivity (Wildman–Crippen MR) is 136 cm³/mol. The molecule has 0 amide bonds. The van der Waals surface area contributed by atoms with Gasteiger partial charge in [-0.05, 0) is 92.8 Å². The van der Waals surface area contributed by atoms with Crippen LogP contribution >= 0.6 is 0 Å². The van der Waals surface area contributed by atoms with Crippen LogP contribution in [-0.4, -0.2) is 11.1 Å². The van der Waals surface area contributed by atoms with Gasteiger partial charge >= 0.3 is 0 Å². The lowest BCUT2D eigenvalue weighted by Gasteiger charge is -2.53. The number of hydrogen-bond acceptors (Lipinski definition) is 2. The van der Waals surface area contributed by atoms with Gasteiger partial charge in [0.15, 0.2) is 0 Å². The van der Waals surface area contributed by atoms with E-state index in [4.69, 9.17) is 11.5 Å². The smallest absolute Gasteiger partial charge is 0.0444 e. The van der Waals surface area contributed by atoms with Crippen molar-refractivity contribution >= 4 is 0 Å². The molecule has 4 atom stereocenters. The summed E-state index contributed by atoms with van der Waals surface area (Å²) in [6.07, 6.45) is 28.6. The summed E-state index contributed by atoms with van der Waals surface area (Å²) in [5.74, 6) is 1.31. The van der Waals surface area contributed by atoms with Crippen molar-refractivity contribution in [1.82, 2.24) is 0 Å². The largest absolute Gasteiger partial charge is 0.324 e. The highest BCUT2D eigenvalue weighted by Crippen LogP contribution is 2.60. The van der Waals surface area contributed by atoms with Gasteiger partial charge in [0.1, 0.15) is 0 Å². The molecule has 31 heavy (non-hydrogen) atoms. The minimum Gasteiger partial charge on any atom is -0.324 e. The third-order valence-corrected chi connectivity index (χ3v) is 8.58. The van der Waals surface area contributed by atoms with Crippen molar-refractivity contribution < 1.29 is 0 Å². The third-order valence-electron chi connectivity index (χ3n) is 8.58. The topological polar surface area (TPSA) is 52.0 Å². The normalized spacial score (nSPS) is 38.5.